The molecule has 1 aromatic carbocycles. The summed E-state index contributed by atoms with van der Waals surface area (Å²) in [6.45, 7) is 3.88. The maximum absolute atomic E-state index is 12.9. The Morgan fingerprint density at radius 3 is 2.89 bits per heavy atom. The maximum atomic E-state index is 12.9. The van der Waals surface area contributed by atoms with Crippen molar-refractivity contribution < 1.29 is 19.1 Å². The van der Waals surface area contributed by atoms with E-state index < -0.39 is 0 Å². The Kier molecular flexibility index (Phi) is 9.26. The number of amides is 2. The van der Waals surface area contributed by atoms with Gasteiger partial charge in [-0.3, -0.25) is 14.8 Å². The van der Waals surface area contributed by atoms with Crippen LogP contribution in [-0.4, -0.2) is 48.3 Å². The van der Waals surface area contributed by atoms with Gasteiger partial charge in [-0.2, -0.15) is 0 Å². The number of nitrogens with zero attached hydrogens (tertiary/aromatic N) is 3. The third kappa shape index (κ3) is 6.95. The molecule has 3 aromatic rings. The third-order valence-corrected chi connectivity index (χ3v) is 7.16. The van der Waals surface area contributed by atoms with E-state index in [2.05, 4.69) is 22.2 Å². The predicted octanol–water partition coefficient (Wildman–Crippen LogP) is 5.25. The third-order valence-electron chi connectivity index (χ3n) is 6.01. The van der Waals surface area contributed by atoms with Crippen LogP contribution >= 0.6 is 11.3 Å². The summed E-state index contributed by atoms with van der Waals surface area (Å²) in [5.41, 5.74) is 3.91. The van der Waals surface area contributed by atoms with Gasteiger partial charge >= 0.3 is 6.09 Å². The predicted molar refractivity (Wildman–Crippen MR) is 146 cm³/mol. The number of carbonyl (C=O) groups excluding carboxylic acids is 2. The largest absolute Gasteiger partial charge is 0.493 e. The number of anilines is 1. The summed E-state index contributed by atoms with van der Waals surface area (Å²) in [5, 5.41) is 3.85. The maximum Gasteiger partial charge on any atom is 0.410 e. The van der Waals surface area contributed by atoms with Crippen LogP contribution in [0.15, 0.2) is 53.8 Å². The molecule has 1 N–H and O–H groups in total. The molecule has 0 fully saturated rings. The molecule has 4 rings (SSSR count). The molecule has 1 aliphatic heterocycles. The van der Waals surface area contributed by atoms with Crippen molar-refractivity contribution in [2.75, 3.05) is 25.5 Å². The van der Waals surface area contributed by atoms with Crippen LogP contribution in [0.3, 0.4) is 0 Å². The number of aliphatic imine (C=N–C) groups is 1. The minimum Gasteiger partial charge on any atom is -0.493 e. The Morgan fingerprint density at radius 2 is 2.11 bits per heavy atom. The minimum absolute atomic E-state index is 0.0672. The second-order valence-corrected chi connectivity index (χ2v) is 9.83. The summed E-state index contributed by atoms with van der Waals surface area (Å²) in [6, 6.07) is 11.5. The van der Waals surface area contributed by atoms with Gasteiger partial charge in [0.05, 0.1) is 13.2 Å². The summed E-state index contributed by atoms with van der Waals surface area (Å²) in [6.07, 6.45) is 7.32. The molecule has 37 heavy (non-hydrogen) atoms. The van der Waals surface area contributed by atoms with E-state index in [1.807, 2.05) is 36.4 Å². The van der Waals surface area contributed by atoms with Crippen molar-refractivity contribution in [3.8, 4) is 5.75 Å². The van der Waals surface area contributed by atoms with Crippen LogP contribution in [0.1, 0.15) is 46.9 Å². The number of benzene rings is 1. The van der Waals surface area contributed by atoms with Crippen molar-refractivity contribution >= 4 is 34.6 Å². The molecular weight excluding hydrogens is 488 g/mol. The van der Waals surface area contributed by atoms with Crippen molar-refractivity contribution in [3.05, 3.63) is 75.9 Å². The van der Waals surface area contributed by atoms with Crippen molar-refractivity contribution in [1.29, 1.82) is 0 Å². The Morgan fingerprint density at radius 1 is 1.24 bits per heavy atom. The molecule has 0 unspecified atom stereocenters. The standard InChI is InChI=1S/C28H32N4O4S/c1-3-15-35-24-9-5-4-8-21(24)10-11-26(33)31-27-23(17-29-2)22-12-14-32(18-25(22)37-27)28(34)36-19-20-7-6-13-30-16-20/h4-9,13,16-17H,3,10-12,14-15,18-19H2,1-2H3,(H,31,33). The molecule has 8 nitrogen and oxygen atoms in total. The first-order valence-electron chi connectivity index (χ1n) is 12.5. The summed E-state index contributed by atoms with van der Waals surface area (Å²) >= 11 is 1.49. The number of fused-ring (bicyclic) bond motifs is 1. The van der Waals surface area contributed by atoms with E-state index in [0.29, 0.717) is 39.0 Å². The zero-order valence-electron chi connectivity index (χ0n) is 21.2. The molecule has 0 aliphatic carbocycles. The molecule has 194 valence electrons. The molecule has 0 atom stereocenters. The van der Waals surface area contributed by atoms with Gasteiger partial charge in [0, 0.05) is 54.6 Å². The van der Waals surface area contributed by atoms with Crippen LogP contribution in [0.25, 0.3) is 0 Å². The number of carbonyl (C=O) groups is 2. The first kappa shape index (κ1) is 26.3. The van der Waals surface area contributed by atoms with Crippen molar-refractivity contribution in [2.24, 2.45) is 4.99 Å². The number of aromatic nitrogens is 1. The molecule has 0 spiro atoms. The SMILES string of the molecule is CCCOc1ccccc1CCC(=O)Nc1sc2c(c1C=NC)CCN(C(=O)OCc1cccnc1)C2. The number of thiophene rings is 1. The van der Waals surface area contributed by atoms with Gasteiger partial charge in [-0.25, -0.2) is 4.79 Å². The minimum atomic E-state index is -0.358. The van der Waals surface area contributed by atoms with Gasteiger partial charge in [0.1, 0.15) is 17.4 Å². The molecule has 0 saturated heterocycles. The lowest BCUT2D eigenvalue weighted by Crippen LogP contribution is -2.35. The molecule has 0 saturated carbocycles. The van der Waals surface area contributed by atoms with Crippen molar-refractivity contribution in [3.63, 3.8) is 0 Å². The van der Waals surface area contributed by atoms with E-state index in [1.54, 1.807) is 30.6 Å². The fraction of sp³-hybridized carbons (Fsp3) is 0.357. The number of nitrogens with one attached hydrogen (secondary N) is 1. The Labute approximate surface area is 221 Å². The number of hydrogen-bond acceptors (Lipinski definition) is 7. The van der Waals surface area contributed by atoms with Crippen molar-refractivity contribution in [2.45, 2.75) is 45.8 Å². The van der Waals surface area contributed by atoms with E-state index in [-0.39, 0.29) is 18.6 Å². The highest BCUT2D eigenvalue weighted by atomic mass is 32.1. The van der Waals surface area contributed by atoms with Crippen LogP contribution in [0.2, 0.25) is 0 Å². The molecule has 2 aromatic heterocycles. The van der Waals surface area contributed by atoms with Gasteiger partial charge in [0.2, 0.25) is 5.91 Å². The van der Waals surface area contributed by atoms with E-state index in [1.165, 1.54) is 11.3 Å². The quantitative estimate of drug-likeness (QED) is 0.369. The first-order chi connectivity index (χ1) is 18.1. The lowest BCUT2D eigenvalue weighted by molar-refractivity contribution is -0.116. The van der Waals surface area contributed by atoms with Crippen LogP contribution < -0.4 is 10.1 Å². The van der Waals surface area contributed by atoms with E-state index in [4.69, 9.17) is 9.47 Å². The first-order valence-corrected chi connectivity index (χ1v) is 13.3. The molecule has 1 aliphatic rings. The Bertz CT molecular complexity index is 1240. The molecule has 3 heterocycles. The zero-order chi connectivity index (χ0) is 26.0. The van der Waals surface area contributed by atoms with Crippen LogP contribution in [0, 0.1) is 0 Å². The van der Waals surface area contributed by atoms with Crippen LogP contribution in [0.5, 0.6) is 5.75 Å². The van der Waals surface area contributed by atoms with Crippen molar-refractivity contribution in [1.82, 2.24) is 9.88 Å². The second kappa shape index (κ2) is 13.0. The Hall–Kier alpha value is -3.72. The highest BCUT2D eigenvalue weighted by molar-refractivity contribution is 7.16. The summed E-state index contributed by atoms with van der Waals surface area (Å²) in [4.78, 5) is 36.6. The van der Waals surface area contributed by atoms with E-state index in [9.17, 15) is 9.59 Å². The Balaban J connectivity index is 1.39. The molecule has 0 bridgehead atoms. The number of aryl methyl sites for hydroxylation is 1. The number of hydrogen-bond donors (Lipinski definition) is 1. The second-order valence-electron chi connectivity index (χ2n) is 8.73. The number of ether oxygens (including phenoxy) is 2. The summed E-state index contributed by atoms with van der Waals surface area (Å²) < 4.78 is 11.3. The average Bonchev–Trinajstić information content (AvgIpc) is 3.26. The fourth-order valence-corrected chi connectivity index (χ4v) is 5.42. The van der Waals surface area contributed by atoms with Gasteiger partial charge in [0.25, 0.3) is 0 Å². The topological polar surface area (TPSA) is 93.1 Å². The van der Waals surface area contributed by atoms with Gasteiger partial charge in [0.15, 0.2) is 0 Å². The number of para-hydroxylation sites is 1. The van der Waals surface area contributed by atoms with E-state index in [0.717, 1.165) is 44.3 Å². The lowest BCUT2D eigenvalue weighted by atomic mass is 10.0. The normalized spacial score (nSPS) is 12.9. The lowest BCUT2D eigenvalue weighted by Gasteiger charge is -2.26. The molecule has 2 amide bonds. The zero-order valence-corrected chi connectivity index (χ0v) is 22.1. The van der Waals surface area contributed by atoms with Gasteiger partial charge in [-0.1, -0.05) is 31.2 Å². The fourth-order valence-electron chi connectivity index (χ4n) is 4.16. The van der Waals surface area contributed by atoms with Gasteiger partial charge in [-0.15, -0.1) is 11.3 Å². The number of pyridine rings is 1. The van der Waals surface area contributed by atoms with Gasteiger partial charge < -0.3 is 19.7 Å². The van der Waals surface area contributed by atoms with E-state index >= 15 is 0 Å². The number of rotatable bonds is 10. The molecular formula is C28H32N4O4S. The molecule has 9 heteroatoms. The smallest absolute Gasteiger partial charge is 0.410 e. The summed E-state index contributed by atoms with van der Waals surface area (Å²) in [7, 11) is 1.72. The summed E-state index contributed by atoms with van der Waals surface area (Å²) in [5.74, 6) is 0.764. The monoisotopic (exact) mass is 520 g/mol. The molecule has 0 radical (unpaired) electrons. The average molecular weight is 521 g/mol. The van der Waals surface area contributed by atoms with Crippen LogP contribution in [0.4, 0.5) is 9.80 Å². The highest BCUT2D eigenvalue weighted by Gasteiger charge is 2.27. The van der Waals surface area contributed by atoms with Crippen LogP contribution in [-0.2, 0) is 35.5 Å². The van der Waals surface area contributed by atoms with Gasteiger partial charge in [-0.05, 0) is 42.5 Å². The highest BCUT2D eigenvalue weighted by Crippen LogP contribution is 2.36.